The molecule has 3 rings (SSSR count). The molecule has 1 N–H and O–H groups in total. The number of hydrogen-bond acceptors (Lipinski definition) is 1. The van der Waals surface area contributed by atoms with Crippen LogP contribution in [0.1, 0.15) is 81.9 Å². The van der Waals surface area contributed by atoms with Crippen LogP contribution in [0.3, 0.4) is 0 Å². The third-order valence-electron chi connectivity index (χ3n) is 5.83. The minimum atomic E-state index is -0.276. The van der Waals surface area contributed by atoms with E-state index >= 15 is 0 Å². The van der Waals surface area contributed by atoms with Crippen LogP contribution >= 0.6 is 0 Å². The number of aliphatic hydroxyl groups is 1. The molecule has 0 heterocycles. The van der Waals surface area contributed by atoms with Crippen molar-refractivity contribution in [2.45, 2.75) is 70.8 Å². The zero-order valence-electron chi connectivity index (χ0n) is 12.9. The molecule has 2 saturated carbocycles. The van der Waals surface area contributed by atoms with Gasteiger partial charge >= 0.3 is 0 Å². The van der Waals surface area contributed by atoms with Crippen LogP contribution in [0, 0.1) is 11.3 Å². The Labute approximate surface area is 123 Å². The first kappa shape index (κ1) is 14.1. The first-order chi connectivity index (χ1) is 9.59. The predicted octanol–water partition coefficient (Wildman–Crippen LogP) is 5.20. The zero-order valence-corrected chi connectivity index (χ0v) is 12.9. The SMILES string of the molecule is CC1(C)CCCCC1C(O)c1ccccc1C1CCC1. The minimum absolute atomic E-state index is 0.268. The Bertz CT molecular complexity index is 459. The van der Waals surface area contributed by atoms with E-state index in [-0.39, 0.29) is 11.5 Å². The second-order valence-electron chi connectivity index (χ2n) is 7.54. The molecule has 1 aromatic carbocycles. The van der Waals surface area contributed by atoms with Crippen molar-refractivity contribution in [3.63, 3.8) is 0 Å². The molecule has 0 aliphatic heterocycles. The van der Waals surface area contributed by atoms with Crippen molar-refractivity contribution in [2.75, 3.05) is 0 Å². The van der Waals surface area contributed by atoms with E-state index in [0.717, 1.165) is 0 Å². The van der Waals surface area contributed by atoms with E-state index in [1.54, 1.807) is 0 Å². The van der Waals surface area contributed by atoms with E-state index in [9.17, 15) is 5.11 Å². The fraction of sp³-hybridized carbons (Fsp3) is 0.684. The average molecular weight is 272 g/mol. The largest absolute Gasteiger partial charge is 0.388 e. The van der Waals surface area contributed by atoms with Crippen LogP contribution in [0.5, 0.6) is 0 Å². The molecule has 0 amide bonds. The van der Waals surface area contributed by atoms with Gasteiger partial charge in [-0.05, 0) is 54.1 Å². The molecule has 0 bridgehead atoms. The molecule has 1 heteroatoms. The number of hydrogen-bond donors (Lipinski definition) is 1. The second-order valence-corrected chi connectivity index (χ2v) is 7.54. The maximum atomic E-state index is 11.0. The van der Waals surface area contributed by atoms with Gasteiger partial charge in [-0.3, -0.25) is 0 Å². The summed E-state index contributed by atoms with van der Waals surface area (Å²) in [6.07, 6.45) is 8.70. The monoisotopic (exact) mass is 272 g/mol. The highest BCUT2D eigenvalue weighted by molar-refractivity contribution is 5.34. The molecule has 110 valence electrons. The predicted molar refractivity (Wildman–Crippen MR) is 83.7 cm³/mol. The standard InChI is InChI=1S/C19H28O/c1-19(2)13-6-5-12-17(19)18(20)16-11-4-3-10-15(16)14-8-7-9-14/h3-4,10-11,14,17-18,20H,5-9,12-13H2,1-2H3. The molecule has 1 aromatic rings. The van der Waals surface area contributed by atoms with Crippen LogP contribution in [0.25, 0.3) is 0 Å². The summed E-state index contributed by atoms with van der Waals surface area (Å²) >= 11 is 0. The summed E-state index contributed by atoms with van der Waals surface area (Å²) in [5, 5.41) is 11.0. The van der Waals surface area contributed by atoms with Gasteiger partial charge in [-0.2, -0.15) is 0 Å². The lowest BCUT2D eigenvalue weighted by Gasteiger charge is -2.42. The normalized spacial score (nSPS) is 27.9. The lowest BCUT2D eigenvalue weighted by atomic mass is 9.64. The molecule has 2 atom stereocenters. The van der Waals surface area contributed by atoms with Gasteiger partial charge in [0.25, 0.3) is 0 Å². The molecule has 0 spiro atoms. The van der Waals surface area contributed by atoms with E-state index < -0.39 is 0 Å². The third-order valence-corrected chi connectivity index (χ3v) is 5.83. The average Bonchev–Trinajstić information content (AvgIpc) is 2.36. The van der Waals surface area contributed by atoms with Crippen LogP contribution in [-0.4, -0.2) is 5.11 Å². The zero-order chi connectivity index (χ0) is 14.2. The van der Waals surface area contributed by atoms with Gasteiger partial charge in [0, 0.05) is 0 Å². The van der Waals surface area contributed by atoms with Gasteiger partial charge in [-0.15, -0.1) is 0 Å². The highest BCUT2D eigenvalue weighted by atomic mass is 16.3. The van der Waals surface area contributed by atoms with Gasteiger partial charge in [0.05, 0.1) is 6.10 Å². The van der Waals surface area contributed by atoms with Gasteiger partial charge < -0.3 is 5.11 Å². The summed E-state index contributed by atoms with van der Waals surface area (Å²) in [6.45, 7) is 4.68. The van der Waals surface area contributed by atoms with Gasteiger partial charge in [0.15, 0.2) is 0 Å². The van der Waals surface area contributed by atoms with E-state index in [2.05, 4.69) is 38.1 Å². The Morgan fingerprint density at radius 1 is 1.05 bits per heavy atom. The first-order valence-electron chi connectivity index (χ1n) is 8.36. The maximum absolute atomic E-state index is 11.0. The Morgan fingerprint density at radius 3 is 2.45 bits per heavy atom. The molecule has 2 fully saturated rings. The molecule has 20 heavy (non-hydrogen) atoms. The lowest BCUT2D eigenvalue weighted by Crippen LogP contribution is -2.33. The molecule has 2 aliphatic carbocycles. The van der Waals surface area contributed by atoms with E-state index in [0.29, 0.717) is 11.8 Å². The van der Waals surface area contributed by atoms with Crippen LogP contribution in [0.4, 0.5) is 0 Å². The van der Waals surface area contributed by atoms with Crippen molar-refractivity contribution in [2.24, 2.45) is 11.3 Å². The maximum Gasteiger partial charge on any atom is 0.0826 e. The van der Waals surface area contributed by atoms with Gasteiger partial charge in [0.1, 0.15) is 0 Å². The summed E-state index contributed by atoms with van der Waals surface area (Å²) in [4.78, 5) is 0. The van der Waals surface area contributed by atoms with Crippen molar-refractivity contribution >= 4 is 0 Å². The molecular formula is C19H28O. The van der Waals surface area contributed by atoms with Crippen molar-refractivity contribution in [1.29, 1.82) is 0 Å². The minimum Gasteiger partial charge on any atom is -0.388 e. The van der Waals surface area contributed by atoms with Gasteiger partial charge in [-0.1, -0.05) is 57.4 Å². The van der Waals surface area contributed by atoms with E-state index in [4.69, 9.17) is 0 Å². The summed E-state index contributed by atoms with van der Waals surface area (Å²) in [7, 11) is 0. The fourth-order valence-electron chi connectivity index (χ4n) is 4.19. The Balaban J connectivity index is 1.88. The third kappa shape index (κ3) is 2.53. The highest BCUT2D eigenvalue weighted by Gasteiger charge is 2.38. The molecule has 1 nitrogen and oxygen atoms in total. The van der Waals surface area contributed by atoms with Gasteiger partial charge in [0.2, 0.25) is 0 Å². The van der Waals surface area contributed by atoms with Crippen LogP contribution in [0.2, 0.25) is 0 Å². The Hall–Kier alpha value is -0.820. The summed E-state index contributed by atoms with van der Waals surface area (Å²) < 4.78 is 0. The first-order valence-corrected chi connectivity index (χ1v) is 8.36. The van der Waals surface area contributed by atoms with E-state index in [1.165, 1.54) is 56.1 Å². The quantitative estimate of drug-likeness (QED) is 0.801. The van der Waals surface area contributed by atoms with Crippen LogP contribution in [-0.2, 0) is 0 Å². The number of aliphatic hydroxyl groups excluding tert-OH is 1. The van der Waals surface area contributed by atoms with Crippen molar-refractivity contribution < 1.29 is 5.11 Å². The highest BCUT2D eigenvalue weighted by Crippen LogP contribution is 2.49. The Kier molecular flexibility index (Phi) is 3.90. The molecule has 2 aliphatic rings. The van der Waals surface area contributed by atoms with Crippen molar-refractivity contribution in [1.82, 2.24) is 0 Å². The molecular weight excluding hydrogens is 244 g/mol. The molecule has 0 radical (unpaired) electrons. The Morgan fingerprint density at radius 2 is 1.80 bits per heavy atom. The molecule has 2 unspecified atom stereocenters. The smallest absolute Gasteiger partial charge is 0.0826 e. The van der Waals surface area contributed by atoms with Gasteiger partial charge in [-0.25, -0.2) is 0 Å². The number of benzene rings is 1. The van der Waals surface area contributed by atoms with Crippen molar-refractivity contribution in [3.8, 4) is 0 Å². The van der Waals surface area contributed by atoms with Crippen LogP contribution < -0.4 is 0 Å². The van der Waals surface area contributed by atoms with E-state index in [1.807, 2.05) is 0 Å². The summed E-state index contributed by atoms with van der Waals surface area (Å²) in [6, 6.07) is 8.65. The van der Waals surface area contributed by atoms with Crippen molar-refractivity contribution in [3.05, 3.63) is 35.4 Å². The second kappa shape index (κ2) is 5.52. The topological polar surface area (TPSA) is 20.2 Å². The summed E-state index contributed by atoms with van der Waals surface area (Å²) in [5.41, 5.74) is 2.91. The fourth-order valence-corrected chi connectivity index (χ4v) is 4.19. The lowest BCUT2D eigenvalue weighted by molar-refractivity contribution is 0.00301. The molecule has 0 aromatic heterocycles. The number of rotatable bonds is 3. The van der Waals surface area contributed by atoms with Crippen LogP contribution in [0.15, 0.2) is 24.3 Å². The molecule has 0 saturated heterocycles. The summed E-state index contributed by atoms with van der Waals surface area (Å²) in [5.74, 6) is 1.12.